The van der Waals surface area contributed by atoms with Gasteiger partial charge in [0.1, 0.15) is 11.5 Å². The van der Waals surface area contributed by atoms with Crippen molar-refractivity contribution in [2.45, 2.75) is 13.0 Å². The summed E-state index contributed by atoms with van der Waals surface area (Å²) < 4.78 is 18.9. The Labute approximate surface area is 113 Å². The van der Waals surface area contributed by atoms with Gasteiger partial charge in [-0.1, -0.05) is 0 Å². The van der Waals surface area contributed by atoms with E-state index in [1.54, 1.807) is 11.8 Å². The standard InChI is InChI=1S/C12H13FN2O5/c1-7-6-14(2-3-20-7)10-4-8(12(16)17)9(13)5-11(10)15(18)19/h4-5,7H,2-3,6H2,1H3,(H,16,17). The Kier molecular flexibility index (Phi) is 3.84. The van der Waals surface area contributed by atoms with Gasteiger partial charge in [-0.15, -0.1) is 0 Å². The second-order valence-corrected chi connectivity index (χ2v) is 4.51. The van der Waals surface area contributed by atoms with Crippen LogP contribution in [0.15, 0.2) is 12.1 Å². The molecule has 0 saturated carbocycles. The smallest absolute Gasteiger partial charge is 0.338 e. The number of nitro groups is 1. The lowest BCUT2D eigenvalue weighted by molar-refractivity contribution is -0.384. The first kappa shape index (κ1) is 14.2. The van der Waals surface area contributed by atoms with E-state index >= 15 is 0 Å². The van der Waals surface area contributed by atoms with Crippen molar-refractivity contribution in [1.29, 1.82) is 0 Å². The van der Waals surface area contributed by atoms with Gasteiger partial charge in [-0.3, -0.25) is 10.1 Å². The Morgan fingerprint density at radius 2 is 2.30 bits per heavy atom. The highest BCUT2D eigenvalue weighted by atomic mass is 19.1. The molecule has 1 aliphatic rings. The number of nitro benzene ring substituents is 1. The molecular formula is C12H13FN2O5. The first-order valence-electron chi connectivity index (χ1n) is 5.98. The van der Waals surface area contributed by atoms with E-state index in [0.29, 0.717) is 25.8 Å². The van der Waals surface area contributed by atoms with Gasteiger partial charge < -0.3 is 14.7 Å². The molecule has 1 heterocycles. The number of rotatable bonds is 3. The van der Waals surface area contributed by atoms with Gasteiger partial charge in [-0.2, -0.15) is 0 Å². The molecule has 1 aromatic carbocycles. The summed E-state index contributed by atoms with van der Waals surface area (Å²) in [4.78, 5) is 22.9. The number of aromatic carboxylic acids is 1. The monoisotopic (exact) mass is 284 g/mol. The van der Waals surface area contributed by atoms with E-state index in [1.165, 1.54) is 0 Å². The summed E-state index contributed by atoms with van der Waals surface area (Å²) in [6.45, 7) is 2.94. The largest absolute Gasteiger partial charge is 0.478 e. The number of carboxylic acid groups (broad SMARTS) is 1. The van der Waals surface area contributed by atoms with E-state index in [-0.39, 0.29) is 11.8 Å². The third-order valence-corrected chi connectivity index (χ3v) is 3.07. The van der Waals surface area contributed by atoms with Crippen molar-refractivity contribution >= 4 is 17.3 Å². The predicted molar refractivity (Wildman–Crippen MR) is 67.6 cm³/mol. The van der Waals surface area contributed by atoms with Crippen LogP contribution in [0, 0.1) is 15.9 Å². The molecule has 1 N–H and O–H groups in total. The maximum absolute atomic E-state index is 13.6. The third-order valence-electron chi connectivity index (χ3n) is 3.07. The van der Waals surface area contributed by atoms with Crippen LogP contribution in [0.25, 0.3) is 0 Å². The molecule has 0 amide bonds. The van der Waals surface area contributed by atoms with Gasteiger partial charge in [-0.05, 0) is 13.0 Å². The highest BCUT2D eigenvalue weighted by Crippen LogP contribution is 2.32. The van der Waals surface area contributed by atoms with Gasteiger partial charge in [0, 0.05) is 13.1 Å². The van der Waals surface area contributed by atoms with Crippen LogP contribution >= 0.6 is 0 Å². The lowest BCUT2D eigenvalue weighted by Crippen LogP contribution is -2.41. The molecule has 7 nitrogen and oxygen atoms in total. The number of carbonyl (C=O) groups is 1. The molecule has 0 aliphatic carbocycles. The third kappa shape index (κ3) is 2.69. The van der Waals surface area contributed by atoms with Crippen LogP contribution in [-0.4, -0.2) is 41.8 Å². The molecule has 1 aromatic rings. The lowest BCUT2D eigenvalue weighted by atomic mass is 10.1. The van der Waals surface area contributed by atoms with E-state index in [0.717, 1.165) is 6.07 Å². The zero-order valence-electron chi connectivity index (χ0n) is 10.7. The normalized spacial score (nSPS) is 18.9. The molecule has 0 bridgehead atoms. The number of carboxylic acids is 1. The van der Waals surface area contributed by atoms with E-state index < -0.39 is 28.0 Å². The summed E-state index contributed by atoms with van der Waals surface area (Å²) in [5, 5.41) is 19.9. The molecule has 1 unspecified atom stereocenters. The number of halogens is 1. The molecule has 2 rings (SSSR count). The number of anilines is 1. The maximum Gasteiger partial charge on any atom is 0.338 e. The van der Waals surface area contributed by atoms with E-state index in [9.17, 15) is 19.3 Å². The minimum absolute atomic E-state index is 0.101. The lowest BCUT2D eigenvalue weighted by Gasteiger charge is -2.32. The van der Waals surface area contributed by atoms with E-state index in [1.807, 2.05) is 0 Å². The highest BCUT2D eigenvalue weighted by Gasteiger charge is 2.27. The van der Waals surface area contributed by atoms with Crippen molar-refractivity contribution in [2.24, 2.45) is 0 Å². The summed E-state index contributed by atoms with van der Waals surface area (Å²) in [7, 11) is 0. The molecule has 0 spiro atoms. The zero-order chi connectivity index (χ0) is 14.9. The number of benzene rings is 1. The fourth-order valence-electron chi connectivity index (χ4n) is 2.15. The summed E-state index contributed by atoms with van der Waals surface area (Å²) in [6, 6.07) is 1.66. The number of hydrogen-bond donors (Lipinski definition) is 1. The molecule has 0 aromatic heterocycles. The maximum atomic E-state index is 13.6. The molecule has 1 aliphatic heterocycles. The van der Waals surface area contributed by atoms with Gasteiger partial charge in [0.25, 0.3) is 5.69 Å². The minimum atomic E-state index is -1.46. The average Bonchev–Trinajstić information content (AvgIpc) is 2.37. The number of nitrogens with zero attached hydrogens (tertiary/aromatic N) is 2. The van der Waals surface area contributed by atoms with E-state index in [2.05, 4.69) is 0 Å². The average molecular weight is 284 g/mol. The van der Waals surface area contributed by atoms with E-state index in [4.69, 9.17) is 9.84 Å². The minimum Gasteiger partial charge on any atom is -0.478 e. The number of ether oxygens (including phenoxy) is 1. The Balaban J connectivity index is 2.50. The van der Waals surface area contributed by atoms with Gasteiger partial charge in [0.05, 0.1) is 29.3 Å². The summed E-state index contributed by atoms with van der Waals surface area (Å²) in [5.74, 6) is -2.57. The number of morpholine rings is 1. The summed E-state index contributed by atoms with van der Waals surface area (Å²) in [5.41, 5.74) is -0.921. The SMILES string of the molecule is CC1CN(c2cc(C(=O)O)c(F)cc2[N+](=O)[O-])CCO1. The fraction of sp³-hybridized carbons (Fsp3) is 0.417. The molecule has 0 radical (unpaired) electrons. The Hall–Kier alpha value is -2.22. The Morgan fingerprint density at radius 1 is 1.60 bits per heavy atom. The van der Waals surface area contributed by atoms with Gasteiger partial charge in [-0.25, -0.2) is 9.18 Å². The summed E-state index contributed by atoms with van der Waals surface area (Å²) in [6.07, 6.45) is -0.137. The van der Waals surface area contributed by atoms with Gasteiger partial charge >= 0.3 is 5.97 Å². The van der Waals surface area contributed by atoms with Crippen molar-refractivity contribution in [2.75, 3.05) is 24.6 Å². The molecule has 1 atom stereocenters. The molecular weight excluding hydrogens is 271 g/mol. The first-order valence-corrected chi connectivity index (χ1v) is 5.98. The van der Waals surface area contributed by atoms with Crippen LogP contribution in [0.3, 0.4) is 0 Å². The number of hydrogen-bond acceptors (Lipinski definition) is 5. The van der Waals surface area contributed by atoms with Crippen LogP contribution in [-0.2, 0) is 4.74 Å². The zero-order valence-corrected chi connectivity index (χ0v) is 10.7. The Bertz CT molecular complexity index is 563. The molecule has 1 saturated heterocycles. The second kappa shape index (κ2) is 5.41. The van der Waals surface area contributed by atoms with Crippen molar-refractivity contribution in [3.8, 4) is 0 Å². The van der Waals surface area contributed by atoms with Gasteiger partial charge in [0.15, 0.2) is 0 Å². The fourth-order valence-corrected chi connectivity index (χ4v) is 2.15. The quantitative estimate of drug-likeness (QED) is 0.670. The van der Waals surface area contributed by atoms with Crippen LogP contribution in [0.5, 0.6) is 0 Å². The van der Waals surface area contributed by atoms with Crippen LogP contribution in [0.4, 0.5) is 15.8 Å². The van der Waals surface area contributed by atoms with Crippen molar-refractivity contribution in [1.82, 2.24) is 0 Å². The first-order chi connectivity index (χ1) is 9.40. The van der Waals surface area contributed by atoms with Crippen LogP contribution in [0.1, 0.15) is 17.3 Å². The van der Waals surface area contributed by atoms with Crippen LogP contribution in [0.2, 0.25) is 0 Å². The predicted octanol–water partition coefficient (Wildman–Crippen LogP) is 1.66. The topological polar surface area (TPSA) is 92.9 Å². The Morgan fingerprint density at radius 3 is 2.85 bits per heavy atom. The van der Waals surface area contributed by atoms with Crippen molar-refractivity contribution in [3.63, 3.8) is 0 Å². The molecule has 1 fully saturated rings. The van der Waals surface area contributed by atoms with Crippen LogP contribution < -0.4 is 4.90 Å². The van der Waals surface area contributed by atoms with Crippen molar-refractivity contribution < 1.29 is 24.0 Å². The van der Waals surface area contributed by atoms with Crippen molar-refractivity contribution in [3.05, 3.63) is 33.6 Å². The molecule has 20 heavy (non-hydrogen) atoms. The highest BCUT2D eigenvalue weighted by molar-refractivity contribution is 5.90. The summed E-state index contributed by atoms with van der Waals surface area (Å²) >= 11 is 0. The van der Waals surface area contributed by atoms with Gasteiger partial charge in [0.2, 0.25) is 0 Å². The molecule has 8 heteroatoms. The molecule has 108 valence electrons. The second-order valence-electron chi connectivity index (χ2n) is 4.51.